The normalized spacial score (nSPS) is 14.7. The molecule has 0 saturated carbocycles. The Balaban J connectivity index is 2.77. The van der Waals surface area contributed by atoms with Crippen molar-refractivity contribution in [3.8, 4) is 6.07 Å². The molecule has 2 atom stereocenters. The summed E-state index contributed by atoms with van der Waals surface area (Å²) in [5, 5.41) is 12.2. The zero-order valence-corrected chi connectivity index (χ0v) is 11.5. The van der Waals surface area contributed by atoms with E-state index in [2.05, 4.69) is 11.4 Å². The summed E-state index contributed by atoms with van der Waals surface area (Å²) in [6.07, 6.45) is 0.875. The third kappa shape index (κ3) is 5.53. The van der Waals surface area contributed by atoms with E-state index in [1.54, 1.807) is 12.1 Å². The van der Waals surface area contributed by atoms with Gasteiger partial charge in [0.05, 0.1) is 6.07 Å². The number of rotatable bonds is 5. The fraction of sp³-hybridized carbons (Fsp3) is 0.462. The molecule has 2 nitrogen and oxygen atoms in total. The van der Waals surface area contributed by atoms with Gasteiger partial charge < -0.3 is 0 Å². The molecule has 0 aromatic heterocycles. The Labute approximate surface area is 115 Å². The molecule has 0 radical (unpaired) electrons. The molecule has 0 heterocycles. The molecule has 1 aromatic carbocycles. The van der Waals surface area contributed by atoms with Gasteiger partial charge in [-0.15, -0.1) is 0 Å². The Morgan fingerprint density at radius 1 is 1.32 bits per heavy atom. The summed E-state index contributed by atoms with van der Waals surface area (Å²) < 4.78 is 36.5. The second-order valence-electron chi connectivity index (χ2n) is 4.15. The highest BCUT2D eigenvalue weighted by molar-refractivity contribution is 8.00. The van der Waals surface area contributed by atoms with Crippen LogP contribution in [0.2, 0.25) is 0 Å². The molecule has 1 aromatic rings. The second-order valence-corrected chi connectivity index (χ2v) is 5.29. The first-order chi connectivity index (χ1) is 8.85. The molecule has 0 aliphatic heterocycles. The van der Waals surface area contributed by atoms with Crippen LogP contribution in [0.25, 0.3) is 0 Å². The van der Waals surface area contributed by atoms with Crippen LogP contribution < -0.4 is 5.32 Å². The summed E-state index contributed by atoms with van der Waals surface area (Å²) >= 11 is -0.156. The van der Waals surface area contributed by atoms with Crippen LogP contribution in [-0.4, -0.2) is 11.6 Å². The van der Waals surface area contributed by atoms with E-state index in [1.165, 1.54) is 12.1 Å². The highest BCUT2D eigenvalue weighted by Crippen LogP contribution is 2.37. The van der Waals surface area contributed by atoms with Gasteiger partial charge in [-0.1, -0.05) is 19.1 Å². The Kier molecular flexibility index (Phi) is 5.70. The van der Waals surface area contributed by atoms with E-state index in [0.29, 0.717) is 5.56 Å². The Morgan fingerprint density at radius 3 is 2.32 bits per heavy atom. The molecule has 2 unspecified atom stereocenters. The molecule has 0 spiro atoms. The fourth-order valence-electron chi connectivity index (χ4n) is 1.47. The number of thioether (sulfide) groups is 1. The van der Waals surface area contributed by atoms with E-state index in [0.717, 1.165) is 6.42 Å². The number of alkyl halides is 3. The van der Waals surface area contributed by atoms with E-state index >= 15 is 0 Å². The molecule has 0 saturated heterocycles. The topological polar surface area (TPSA) is 35.8 Å². The van der Waals surface area contributed by atoms with Crippen molar-refractivity contribution in [1.82, 2.24) is 5.32 Å². The molecular weight excluding hydrogens is 273 g/mol. The smallest absolute Gasteiger partial charge is 0.296 e. The van der Waals surface area contributed by atoms with Gasteiger partial charge in [-0.3, -0.25) is 5.32 Å². The highest BCUT2D eigenvalue weighted by atomic mass is 32.2. The molecule has 0 amide bonds. The maximum atomic E-state index is 12.2. The predicted octanol–water partition coefficient (Wildman–Crippen LogP) is 4.25. The van der Waals surface area contributed by atoms with Crippen LogP contribution in [0, 0.1) is 11.3 Å². The maximum Gasteiger partial charge on any atom is 0.446 e. The quantitative estimate of drug-likeness (QED) is 0.823. The van der Waals surface area contributed by atoms with Gasteiger partial charge in [0.2, 0.25) is 0 Å². The lowest BCUT2D eigenvalue weighted by Crippen LogP contribution is -2.29. The molecule has 0 bridgehead atoms. The summed E-state index contributed by atoms with van der Waals surface area (Å²) in [7, 11) is 0. The van der Waals surface area contributed by atoms with Gasteiger partial charge >= 0.3 is 5.51 Å². The van der Waals surface area contributed by atoms with Crippen LogP contribution in [0.5, 0.6) is 0 Å². The van der Waals surface area contributed by atoms with Crippen molar-refractivity contribution in [3.05, 3.63) is 29.8 Å². The van der Waals surface area contributed by atoms with Crippen molar-refractivity contribution in [3.63, 3.8) is 0 Å². The first kappa shape index (κ1) is 15.9. The molecule has 1 rings (SSSR count). The van der Waals surface area contributed by atoms with Crippen molar-refractivity contribution in [2.45, 2.75) is 42.8 Å². The number of hydrogen-bond acceptors (Lipinski definition) is 3. The van der Waals surface area contributed by atoms with Crippen LogP contribution >= 0.6 is 11.8 Å². The van der Waals surface area contributed by atoms with Crippen LogP contribution in [0.1, 0.15) is 31.9 Å². The third-order valence-electron chi connectivity index (χ3n) is 2.64. The monoisotopic (exact) mass is 288 g/mol. The lowest BCUT2D eigenvalue weighted by molar-refractivity contribution is -0.0328. The molecule has 0 aliphatic carbocycles. The largest absolute Gasteiger partial charge is 0.446 e. The van der Waals surface area contributed by atoms with E-state index in [-0.39, 0.29) is 22.7 Å². The van der Waals surface area contributed by atoms with E-state index in [4.69, 9.17) is 5.26 Å². The van der Waals surface area contributed by atoms with Crippen molar-refractivity contribution in [2.24, 2.45) is 0 Å². The highest BCUT2D eigenvalue weighted by Gasteiger charge is 2.29. The number of halogens is 3. The Bertz CT molecular complexity index is 437. The number of benzene rings is 1. The van der Waals surface area contributed by atoms with Gasteiger partial charge in [-0.05, 0) is 42.8 Å². The molecule has 0 aliphatic rings. The summed E-state index contributed by atoms with van der Waals surface area (Å²) in [6, 6.07) is 7.66. The van der Waals surface area contributed by atoms with Gasteiger partial charge in [-0.2, -0.15) is 18.4 Å². The lowest BCUT2D eigenvalue weighted by atomic mass is 10.1. The van der Waals surface area contributed by atoms with Crippen molar-refractivity contribution >= 4 is 11.8 Å². The number of nitrogens with zero attached hydrogens (tertiary/aromatic N) is 1. The molecule has 104 valence electrons. The zero-order valence-electron chi connectivity index (χ0n) is 10.7. The van der Waals surface area contributed by atoms with Crippen molar-refractivity contribution < 1.29 is 13.2 Å². The van der Waals surface area contributed by atoms with Crippen LogP contribution in [0.15, 0.2) is 29.2 Å². The molecular formula is C13H15F3N2S. The number of nitrogens with one attached hydrogen (secondary N) is 1. The van der Waals surface area contributed by atoms with Crippen LogP contribution in [0.3, 0.4) is 0 Å². The maximum absolute atomic E-state index is 12.2. The summed E-state index contributed by atoms with van der Waals surface area (Å²) in [4.78, 5) is 0.122. The fourth-order valence-corrected chi connectivity index (χ4v) is 2.01. The van der Waals surface area contributed by atoms with Gasteiger partial charge in [0.15, 0.2) is 0 Å². The average Bonchev–Trinajstić information content (AvgIpc) is 2.35. The summed E-state index contributed by atoms with van der Waals surface area (Å²) in [5.41, 5.74) is -3.61. The van der Waals surface area contributed by atoms with E-state index in [1.807, 2.05) is 13.8 Å². The second kappa shape index (κ2) is 6.83. The summed E-state index contributed by atoms with van der Waals surface area (Å²) in [5.74, 6) is 0. The van der Waals surface area contributed by atoms with Gasteiger partial charge in [0.25, 0.3) is 0 Å². The molecule has 1 N–H and O–H groups in total. The Hall–Kier alpha value is -1.19. The van der Waals surface area contributed by atoms with Gasteiger partial charge in [0.1, 0.15) is 6.04 Å². The minimum Gasteiger partial charge on any atom is -0.296 e. The Morgan fingerprint density at radius 2 is 1.89 bits per heavy atom. The predicted molar refractivity (Wildman–Crippen MR) is 69.6 cm³/mol. The zero-order chi connectivity index (χ0) is 14.5. The van der Waals surface area contributed by atoms with Crippen LogP contribution in [0.4, 0.5) is 13.2 Å². The number of nitriles is 1. The first-order valence-electron chi connectivity index (χ1n) is 5.87. The van der Waals surface area contributed by atoms with Gasteiger partial charge in [-0.25, -0.2) is 0 Å². The SMILES string of the molecule is CCC(C)NC(C#N)c1ccc(SC(F)(F)F)cc1. The van der Waals surface area contributed by atoms with Crippen molar-refractivity contribution in [2.75, 3.05) is 0 Å². The molecule has 6 heteroatoms. The number of hydrogen-bond donors (Lipinski definition) is 1. The molecule has 0 fully saturated rings. The standard InChI is InChI=1S/C13H15F3N2S/c1-3-9(2)18-12(8-17)10-4-6-11(7-5-10)19-13(14,15)16/h4-7,9,12,18H,3H2,1-2H3. The van der Waals surface area contributed by atoms with Crippen LogP contribution in [-0.2, 0) is 0 Å². The van der Waals surface area contributed by atoms with E-state index < -0.39 is 11.6 Å². The summed E-state index contributed by atoms with van der Waals surface area (Å²) in [6.45, 7) is 3.95. The third-order valence-corrected chi connectivity index (χ3v) is 3.38. The van der Waals surface area contributed by atoms with Crippen molar-refractivity contribution in [1.29, 1.82) is 5.26 Å². The average molecular weight is 288 g/mol. The minimum atomic E-state index is -4.29. The van der Waals surface area contributed by atoms with Gasteiger partial charge in [0, 0.05) is 10.9 Å². The first-order valence-corrected chi connectivity index (χ1v) is 6.68. The lowest BCUT2D eigenvalue weighted by Gasteiger charge is -2.17. The molecule has 19 heavy (non-hydrogen) atoms. The van der Waals surface area contributed by atoms with E-state index in [9.17, 15) is 13.2 Å². The minimum absolute atomic E-state index is 0.122.